The van der Waals surface area contributed by atoms with Crippen molar-refractivity contribution in [1.29, 1.82) is 0 Å². The molecule has 2 aliphatic heterocycles. The predicted molar refractivity (Wildman–Crippen MR) is 76.0 cm³/mol. The smallest absolute Gasteiger partial charge is 0.180 e. The van der Waals surface area contributed by atoms with Crippen LogP contribution in [0.25, 0.3) is 0 Å². The van der Waals surface area contributed by atoms with Gasteiger partial charge in [0.25, 0.3) is 0 Å². The van der Waals surface area contributed by atoms with Gasteiger partial charge in [0.2, 0.25) is 0 Å². The molecule has 2 atom stereocenters. The molecule has 2 unspecified atom stereocenters. The molecule has 0 saturated heterocycles. The molecular formula is C12H13N5S. The fraction of sp³-hybridized carbons (Fsp3) is 0.250. The highest BCUT2D eigenvalue weighted by atomic mass is 32.2. The van der Waals surface area contributed by atoms with E-state index in [2.05, 4.69) is 15.0 Å². The summed E-state index contributed by atoms with van der Waals surface area (Å²) in [5, 5.41) is 0.764. The van der Waals surface area contributed by atoms with Crippen LogP contribution in [-0.4, -0.2) is 22.6 Å². The van der Waals surface area contributed by atoms with E-state index in [-0.39, 0.29) is 5.50 Å². The molecule has 1 aromatic carbocycles. The number of nitrogens with two attached hydrogens (primary N) is 2. The van der Waals surface area contributed by atoms with Crippen molar-refractivity contribution in [2.45, 2.75) is 18.1 Å². The first-order valence-corrected chi connectivity index (χ1v) is 6.46. The van der Waals surface area contributed by atoms with Crippen molar-refractivity contribution in [3.05, 3.63) is 35.4 Å². The Hall–Kier alpha value is -1.50. The molecule has 18 heavy (non-hydrogen) atoms. The lowest BCUT2D eigenvalue weighted by Gasteiger charge is -2.27. The lowest BCUT2D eigenvalue weighted by atomic mass is 9.94. The zero-order valence-corrected chi connectivity index (χ0v) is 10.7. The molecule has 2 aliphatic rings. The van der Waals surface area contributed by atoms with E-state index in [0.717, 1.165) is 10.6 Å². The van der Waals surface area contributed by atoms with Crippen molar-refractivity contribution in [3.63, 3.8) is 0 Å². The fourth-order valence-electron chi connectivity index (χ4n) is 1.98. The fourth-order valence-corrected chi connectivity index (χ4v) is 2.80. The summed E-state index contributed by atoms with van der Waals surface area (Å²) in [6.45, 7) is 2.03. The van der Waals surface area contributed by atoms with E-state index in [9.17, 15) is 0 Å². The van der Waals surface area contributed by atoms with Gasteiger partial charge in [-0.25, -0.2) is 9.98 Å². The summed E-state index contributed by atoms with van der Waals surface area (Å²) in [6, 6.07) is 7.94. The molecule has 0 aromatic heterocycles. The van der Waals surface area contributed by atoms with E-state index in [0.29, 0.717) is 5.71 Å². The van der Waals surface area contributed by atoms with Crippen LogP contribution in [0.15, 0.2) is 39.2 Å². The second-order valence-corrected chi connectivity index (χ2v) is 5.40. The second-order valence-electron chi connectivity index (χ2n) is 4.30. The van der Waals surface area contributed by atoms with Crippen LogP contribution in [0.4, 0.5) is 0 Å². The summed E-state index contributed by atoms with van der Waals surface area (Å²) in [5.74, 6) is 0. The van der Waals surface area contributed by atoms with Gasteiger partial charge < -0.3 is 5.73 Å². The largest absolute Gasteiger partial charge is 0.301 e. The van der Waals surface area contributed by atoms with E-state index >= 15 is 0 Å². The van der Waals surface area contributed by atoms with E-state index in [1.54, 1.807) is 0 Å². The number of rotatable bonds is 1. The molecule has 0 spiro atoms. The van der Waals surface area contributed by atoms with Crippen LogP contribution in [0.5, 0.6) is 0 Å². The number of fused-ring (bicyclic) bond motifs is 1. The number of nitrogens with zero attached hydrogens (tertiary/aromatic N) is 3. The second kappa shape index (κ2) is 4.01. The first kappa shape index (κ1) is 11.6. The Morgan fingerprint density at radius 2 is 2.00 bits per heavy atom. The van der Waals surface area contributed by atoms with Crippen molar-refractivity contribution in [1.82, 2.24) is 0 Å². The van der Waals surface area contributed by atoms with E-state index in [4.69, 9.17) is 11.5 Å². The number of aryl methyl sites for hydroxylation is 1. The number of hydrogen-bond donors (Lipinski definition) is 2. The molecule has 2 heterocycles. The Labute approximate surface area is 109 Å². The minimum absolute atomic E-state index is 0.339. The summed E-state index contributed by atoms with van der Waals surface area (Å²) >= 11 is 1.40. The molecule has 0 bridgehead atoms. The average molecular weight is 259 g/mol. The maximum absolute atomic E-state index is 6.40. The Bertz CT molecular complexity index is 575. The van der Waals surface area contributed by atoms with E-state index in [1.165, 1.54) is 23.7 Å². The van der Waals surface area contributed by atoms with Crippen LogP contribution in [0.3, 0.4) is 0 Å². The van der Waals surface area contributed by atoms with Gasteiger partial charge in [0, 0.05) is 5.56 Å². The van der Waals surface area contributed by atoms with Gasteiger partial charge in [-0.3, -0.25) is 10.7 Å². The molecule has 0 amide bonds. The lowest BCUT2D eigenvalue weighted by Crippen LogP contribution is -2.47. The Morgan fingerprint density at radius 3 is 2.72 bits per heavy atom. The third kappa shape index (κ3) is 1.69. The molecule has 5 nitrogen and oxygen atoms in total. The van der Waals surface area contributed by atoms with Crippen molar-refractivity contribution >= 4 is 28.9 Å². The quantitative estimate of drug-likeness (QED) is 0.787. The van der Waals surface area contributed by atoms with Crippen LogP contribution < -0.4 is 11.5 Å². The molecule has 0 radical (unpaired) electrons. The standard InChI is InChI=1S/C12H13N5S/c1-7-2-4-8(5-3-7)12(14)9-10(15-6-16-12)18-11(13)17-9/h2-6,11H,13-14H2,1H3. The maximum Gasteiger partial charge on any atom is 0.180 e. The molecule has 92 valence electrons. The summed E-state index contributed by atoms with van der Waals surface area (Å²) < 4.78 is 0. The van der Waals surface area contributed by atoms with Crippen molar-refractivity contribution < 1.29 is 0 Å². The molecule has 0 saturated carbocycles. The lowest BCUT2D eigenvalue weighted by molar-refractivity contribution is 0.643. The Kier molecular flexibility index (Phi) is 2.58. The molecule has 0 aliphatic carbocycles. The average Bonchev–Trinajstić information content (AvgIpc) is 2.72. The minimum Gasteiger partial charge on any atom is -0.301 e. The Morgan fingerprint density at radius 1 is 1.28 bits per heavy atom. The monoisotopic (exact) mass is 259 g/mol. The van der Waals surface area contributed by atoms with Gasteiger partial charge in [-0.1, -0.05) is 41.6 Å². The highest BCUT2D eigenvalue weighted by molar-refractivity contribution is 8.16. The molecular weight excluding hydrogens is 246 g/mol. The zero-order chi connectivity index (χ0) is 12.8. The molecule has 3 rings (SSSR count). The predicted octanol–water partition coefficient (Wildman–Crippen LogP) is 0.977. The van der Waals surface area contributed by atoms with Gasteiger partial charge in [-0.2, -0.15) is 0 Å². The molecule has 1 aromatic rings. The Balaban J connectivity index is 2.09. The van der Waals surface area contributed by atoms with Gasteiger partial charge >= 0.3 is 0 Å². The number of hydrogen-bond acceptors (Lipinski definition) is 6. The highest BCUT2D eigenvalue weighted by Crippen LogP contribution is 2.33. The molecule has 6 heteroatoms. The van der Waals surface area contributed by atoms with E-state index in [1.807, 2.05) is 31.2 Å². The maximum atomic E-state index is 6.40. The van der Waals surface area contributed by atoms with Crippen molar-refractivity contribution in [2.24, 2.45) is 26.4 Å². The number of aliphatic imine (C=N–C) groups is 3. The van der Waals surface area contributed by atoms with Gasteiger partial charge in [-0.15, -0.1) is 0 Å². The highest BCUT2D eigenvalue weighted by Gasteiger charge is 2.41. The number of thioether (sulfide) groups is 1. The summed E-state index contributed by atoms with van der Waals surface area (Å²) in [4.78, 5) is 12.8. The van der Waals surface area contributed by atoms with Gasteiger partial charge in [0.1, 0.15) is 17.1 Å². The van der Waals surface area contributed by atoms with Crippen LogP contribution in [0, 0.1) is 6.92 Å². The SMILES string of the molecule is Cc1ccc(C2(N)N=CN=C3SC(N)N=C32)cc1. The zero-order valence-electron chi connectivity index (χ0n) is 9.87. The molecule has 4 N–H and O–H groups in total. The third-order valence-corrected chi connectivity index (χ3v) is 3.85. The molecule has 0 fully saturated rings. The van der Waals surface area contributed by atoms with Gasteiger partial charge in [-0.05, 0) is 6.92 Å². The minimum atomic E-state index is -0.966. The van der Waals surface area contributed by atoms with Crippen LogP contribution >= 0.6 is 11.8 Å². The van der Waals surface area contributed by atoms with Gasteiger partial charge in [0.05, 0.1) is 0 Å². The van der Waals surface area contributed by atoms with Gasteiger partial charge in [0.15, 0.2) is 11.2 Å². The number of benzene rings is 1. The summed E-state index contributed by atoms with van der Waals surface area (Å²) in [5.41, 5.74) is 13.6. The summed E-state index contributed by atoms with van der Waals surface area (Å²) in [7, 11) is 0. The van der Waals surface area contributed by atoms with Crippen LogP contribution in [-0.2, 0) is 5.66 Å². The first-order valence-electron chi connectivity index (χ1n) is 5.58. The normalized spacial score (nSPS) is 29.8. The van der Waals surface area contributed by atoms with Crippen LogP contribution in [0.1, 0.15) is 11.1 Å². The van der Waals surface area contributed by atoms with Crippen LogP contribution in [0.2, 0.25) is 0 Å². The van der Waals surface area contributed by atoms with Crippen molar-refractivity contribution in [2.75, 3.05) is 0 Å². The third-order valence-electron chi connectivity index (χ3n) is 2.98. The van der Waals surface area contributed by atoms with Crippen molar-refractivity contribution in [3.8, 4) is 0 Å². The topological polar surface area (TPSA) is 89.1 Å². The summed E-state index contributed by atoms with van der Waals surface area (Å²) in [6.07, 6.45) is 1.49. The van der Waals surface area contributed by atoms with E-state index < -0.39 is 5.66 Å². The first-order chi connectivity index (χ1) is 8.59.